The van der Waals surface area contributed by atoms with Crippen molar-refractivity contribution in [2.75, 3.05) is 52.8 Å². The third kappa shape index (κ3) is 4.80. The van der Waals surface area contributed by atoms with Crippen molar-refractivity contribution in [1.82, 2.24) is 9.97 Å². The van der Waals surface area contributed by atoms with E-state index in [9.17, 15) is 9.18 Å². The van der Waals surface area contributed by atoms with Crippen LogP contribution in [-0.4, -0.2) is 53.6 Å². The summed E-state index contributed by atoms with van der Waals surface area (Å²) in [6.45, 7) is 5.41. The molecule has 2 fully saturated rings. The Bertz CT molecular complexity index is 866. The predicted octanol–water partition coefficient (Wildman–Crippen LogP) is 3.33. The topological polar surface area (TPSA) is 61.4 Å². The van der Waals surface area contributed by atoms with Gasteiger partial charge >= 0.3 is 0 Å². The first kappa shape index (κ1) is 19.9. The fourth-order valence-electron chi connectivity index (χ4n) is 3.85. The molecule has 1 N–H and O–H groups in total. The van der Waals surface area contributed by atoms with Gasteiger partial charge in [0.1, 0.15) is 23.8 Å². The molecule has 0 spiro atoms. The Hall–Kier alpha value is -2.35. The molecule has 0 aliphatic carbocycles. The third-order valence-corrected chi connectivity index (χ3v) is 6.55. The van der Waals surface area contributed by atoms with Crippen LogP contribution in [0, 0.1) is 18.7 Å². The fourth-order valence-corrected chi connectivity index (χ4v) is 4.75. The molecule has 1 amide bonds. The van der Waals surface area contributed by atoms with E-state index in [4.69, 9.17) is 0 Å². The summed E-state index contributed by atoms with van der Waals surface area (Å²) in [5, 5.41) is 2.96. The molecular weight excluding hydrogens is 389 g/mol. The van der Waals surface area contributed by atoms with E-state index in [1.54, 1.807) is 19.3 Å². The minimum Gasteiger partial charge on any atom is -0.356 e. The van der Waals surface area contributed by atoms with Gasteiger partial charge in [0.25, 0.3) is 0 Å². The molecule has 0 radical (unpaired) electrons. The molecular formula is C21H26FN5OS. The minimum atomic E-state index is -0.290. The van der Waals surface area contributed by atoms with Gasteiger partial charge in [0.05, 0.1) is 0 Å². The SMILES string of the molecule is Cc1cc(F)ccc1NC(=O)C1CCN(c2cc(N3CCSCC3)ncn2)CC1. The van der Waals surface area contributed by atoms with Crippen molar-refractivity contribution in [1.29, 1.82) is 0 Å². The number of carbonyl (C=O) groups is 1. The Morgan fingerprint density at radius 2 is 1.72 bits per heavy atom. The average molecular weight is 416 g/mol. The van der Waals surface area contributed by atoms with Crippen LogP contribution in [-0.2, 0) is 4.79 Å². The van der Waals surface area contributed by atoms with Crippen LogP contribution in [0.2, 0.25) is 0 Å². The van der Waals surface area contributed by atoms with Crippen molar-refractivity contribution in [2.45, 2.75) is 19.8 Å². The summed E-state index contributed by atoms with van der Waals surface area (Å²) < 4.78 is 13.3. The van der Waals surface area contributed by atoms with Crippen molar-refractivity contribution in [3.63, 3.8) is 0 Å². The Morgan fingerprint density at radius 1 is 1.07 bits per heavy atom. The van der Waals surface area contributed by atoms with Gasteiger partial charge in [0.15, 0.2) is 0 Å². The Labute approximate surface area is 174 Å². The number of piperidine rings is 1. The molecule has 3 heterocycles. The van der Waals surface area contributed by atoms with Gasteiger partial charge in [0, 0.05) is 55.4 Å². The van der Waals surface area contributed by atoms with E-state index < -0.39 is 0 Å². The quantitative estimate of drug-likeness (QED) is 0.827. The molecule has 29 heavy (non-hydrogen) atoms. The smallest absolute Gasteiger partial charge is 0.227 e. The number of aromatic nitrogens is 2. The molecule has 4 rings (SSSR count). The predicted molar refractivity (Wildman–Crippen MR) is 116 cm³/mol. The van der Waals surface area contributed by atoms with Crippen molar-refractivity contribution in [3.8, 4) is 0 Å². The number of halogens is 1. The molecule has 154 valence electrons. The van der Waals surface area contributed by atoms with Crippen LogP contribution < -0.4 is 15.1 Å². The maximum absolute atomic E-state index is 13.3. The first-order valence-corrected chi connectivity index (χ1v) is 11.2. The molecule has 0 atom stereocenters. The molecule has 0 bridgehead atoms. The first-order chi connectivity index (χ1) is 14.1. The number of thioether (sulfide) groups is 1. The van der Waals surface area contributed by atoms with Crippen molar-refractivity contribution in [2.24, 2.45) is 5.92 Å². The standard InChI is InChI=1S/C21H26FN5OS/c1-15-12-17(22)2-3-18(15)25-21(28)16-4-6-26(7-5-16)19-13-20(24-14-23-19)27-8-10-29-11-9-27/h2-3,12-14,16H,4-11H2,1H3,(H,25,28). The van der Waals surface area contributed by atoms with E-state index in [1.165, 1.54) is 12.1 Å². The van der Waals surface area contributed by atoms with E-state index in [0.717, 1.165) is 67.7 Å². The van der Waals surface area contributed by atoms with Gasteiger partial charge in [0.2, 0.25) is 5.91 Å². The van der Waals surface area contributed by atoms with Crippen molar-refractivity contribution >= 4 is 35.0 Å². The number of anilines is 3. The van der Waals surface area contributed by atoms with Crippen LogP contribution in [0.15, 0.2) is 30.6 Å². The van der Waals surface area contributed by atoms with Crippen LogP contribution in [0.25, 0.3) is 0 Å². The van der Waals surface area contributed by atoms with Crippen LogP contribution in [0.5, 0.6) is 0 Å². The molecule has 8 heteroatoms. The van der Waals surface area contributed by atoms with E-state index in [0.29, 0.717) is 5.69 Å². The number of benzene rings is 1. The van der Waals surface area contributed by atoms with Crippen LogP contribution in [0.1, 0.15) is 18.4 Å². The minimum absolute atomic E-state index is 0.00792. The number of nitrogens with one attached hydrogen (secondary N) is 1. The highest BCUT2D eigenvalue weighted by molar-refractivity contribution is 7.99. The summed E-state index contributed by atoms with van der Waals surface area (Å²) in [4.78, 5) is 26.1. The van der Waals surface area contributed by atoms with Crippen LogP contribution in [0.4, 0.5) is 21.7 Å². The Morgan fingerprint density at radius 3 is 2.38 bits per heavy atom. The largest absolute Gasteiger partial charge is 0.356 e. The summed E-state index contributed by atoms with van der Waals surface area (Å²) in [5.41, 5.74) is 1.42. The van der Waals surface area contributed by atoms with E-state index in [-0.39, 0.29) is 17.6 Å². The van der Waals surface area contributed by atoms with Crippen LogP contribution in [0.3, 0.4) is 0 Å². The molecule has 2 saturated heterocycles. The Balaban J connectivity index is 1.35. The zero-order valence-electron chi connectivity index (χ0n) is 16.6. The van der Waals surface area contributed by atoms with Gasteiger partial charge in [-0.1, -0.05) is 0 Å². The highest BCUT2D eigenvalue weighted by Gasteiger charge is 2.26. The summed E-state index contributed by atoms with van der Waals surface area (Å²) in [6.07, 6.45) is 3.18. The van der Waals surface area contributed by atoms with Gasteiger partial charge in [-0.2, -0.15) is 11.8 Å². The van der Waals surface area contributed by atoms with Gasteiger partial charge in [-0.15, -0.1) is 0 Å². The second-order valence-electron chi connectivity index (χ2n) is 7.54. The first-order valence-electron chi connectivity index (χ1n) is 10.1. The third-order valence-electron chi connectivity index (χ3n) is 5.61. The monoisotopic (exact) mass is 415 g/mol. The lowest BCUT2D eigenvalue weighted by Gasteiger charge is -2.33. The highest BCUT2D eigenvalue weighted by Crippen LogP contribution is 2.26. The molecule has 1 aromatic heterocycles. The summed E-state index contributed by atoms with van der Waals surface area (Å²) in [7, 11) is 0. The summed E-state index contributed by atoms with van der Waals surface area (Å²) in [5.74, 6) is 3.86. The lowest BCUT2D eigenvalue weighted by molar-refractivity contribution is -0.120. The van der Waals surface area contributed by atoms with Crippen LogP contribution >= 0.6 is 11.8 Å². The molecule has 0 unspecified atom stereocenters. The fraction of sp³-hybridized carbons (Fsp3) is 0.476. The summed E-state index contributed by atoms with van der Waals surface area (Å²) >= 11 is 1.98. The zero-order valence-corrected chi connectivity index (χ0v) is 17.4. The van der Waals surface area contributed by atoms with Gasteiger partial charge in [-0.3, -0.25) is 4.79 Å². The second-order valence-corrected chi connectivity index (χ2v) is 8.77. The van der Waals surface area contributed by atoms with Crippen molar-refractivity contribution in [3.05, 3.63) is 42.0 Å². The number of carbonyl (C=O) groups excluding carboxylic acids is 1. The molecule has 2 aromatic rings. The highest BCUT2D eigenvalue weighted by atomic mass is 32.2. The normalized spacial score (nSPS) is 18.0. The number of hydrogen-bond donors (Lipinski definition) is 1. The summed E-state index contributed by atoms with van der Waals surface area (Å²) in [6, 6.07) is 6.50. The van der Waals surface area contributed by atoms with Crippen molar-refractivity contribution < 1.29 is 9.18 Å². The van der Waals surface area contributed by atoms with E-state index in [2.05, 4.69) is 31.2 Å². The number of aryl methyl sites for hydroxylation is 1. The Kier molecular flexibility index (Phi) is 6.18. The number of amides is 1. The van der Waals surface area contributed by atoms with E-state index in [1.807, 2.05) is 11.8 Å². The molecule has 0 saturated carbocycles. The van der Waals surface area contributed by atoms with Gasteiger partial charge in [-0.05, 0) is 43.5 Å². The van der Waals surface area contributed by atoms with Gasteiger partial charge in [-0.25, -0.2) is 14.4 Å². The number of hydrogen-bond acceptors (Lipinski definition) is 6. The molecule has 2 aliphatic rings. The molecule has 1 aromatic carbocycles. The average Bonchev–Trinajstić information content (AvgIpc) is 2.76. The van der Waals surface area contributed by atoms with E-state index >= 15 is 0 Å². The lowest BCUT2D eigenvalue weighted by Crippen LogP contribution is -2.39. The lowest BCUT2D eigenvalue weighted by atomic mass is 9.95. The molecule has 2 aliphatic heterocycles. The molecule has 6 nitrogen and oxygen atoms in total. The second kappa shape index (κ2) is 8.98. The number of nitrogens with zero attached hydrogens (tertiary/aromatic N) is 4. The maximum atomic E-state index is 13.3. The maximum Gasteiger partial charge on any atom is 0.227 e. The zero-order chi connectivity index (χ0) is 20.2. The number of rotatable bonds is 4. The van der Waals surface area contributed by atoms with Gasteiger partial charge < -0.3 is 15.1 Å².